The lowest BCUT2D eigenvalue weighted by atomic mass is 10.2. The van der Waals surface area contributed by atoms with Gasteiger partial charge in [0.15, 0.2) is 0 Å². The lowest BCUT2D eigenvalue weighted by Crippen LogP contribution is -1.89. The van der Waals surface area contributed by atoms with Crippen LogP contribution in [0.25, 0.3) is 11.4 Å². The van der Waals surface area contributed by atoms with Gasteiger partial charge < -0.3 is 10.1 Å². The second-order valence-electron chi connectivity index (χ2n) is 3.01. The summed E-state index contributed by atoms with van der Waals surface area (Å²) >= 11 is 3.25. The third-order valence-electron chi connectivity index (χ3n) is 2.00. The number of aliphatic hydroxyl groups excluding tert-OH is 1. The van der Waals surface area contributed by atoms with Crippen molar-refractivity contribution in [3.05, 3.63) is 40.4 Å². The number of aromatic amines is 1. The summed E-state index contributed by atoms with van der Waals surface area (Å²) in [7, 11) is 0. The smallest absolute Gasteiger partial charge is 0.141 e. The molecule has 1 aromatic heterocycles. The Labute approximate surface area is 94.1 Å². The first-order valence-corrected chi connectivity index (χ1v) is 5.11. The first-order chi connectivity index (χ1) is 7.22. The summed E-state index contributed by atoms with van der Waals surface area (Å²) in [6.07, 6.45) is 1.48. The van der Waals surface area contributed by atoms with Crippen LogP contribution in [-0.4, -0.2) is 15.1 Å². The Balaban J connectivity index is 2.53. The van der Waals surface area contributed by atoms with E-state index in [0.717, 1.165) is 0 Å². The van der Waals surface area contributed by atoms with Crippen molar-refractivity contribution in [1.29, 1.82) is 0 Å². The zero-order valence-electron chi connectivity index (χ0n) is 7.67. The van der Waals surface area contributed by atoms with E-state index in [2.05, 4.69) is 25.9 Å². The van der Waals surface area contributed by atoms with E-state index in [1.54, 1.807) is 12.1 Å². The number of nitrogens with one attached hydrogen (secondary N) is 1. The molecule has 0 spiro atoms. The van der Waals surface area contributed by atoms with Crippen LogP contribution in [-0.2, 0) is 6.61 Å². The van der Waals surface area contributed by atoms with Crippen molar-refractivity contribution in [3.8, 4) is 11.4 Å². The first kappa shape index (κ1) is 10.3. The van der Waals surface area contributed by atoms with Gasteiger partial charge in [0.1, 0.15) is 11.6 Å². The number of H-pyrrole nitrogens is 1. The summed E-state index contributed by atoms with van der Waals surface area (Å²) in [6.45, 7) is -0.140. The van der Waals surface area contributed by atoms with Gasteiger partial charge in [-0.05, 0) is 28.1 Å². The molecule has 1 aromatic carbocycles. The molecular weight excluding hydrogens is 263 g/mol. The molecule has 0 aliphatic carbocycles. The van der Waals surface area contributed by atoms with E-state index in [-0.39, 0.29) is 12.4 Å². The van der Waals surface area contributed by atoms with E-state index in [4.69, 9.17) is 5.11 Å². The highest BCUT2D eigenvalue weighted by Gasteiger charge is 2.12. The number of imidazole rings is 1. The van der Waals surface area contributed by atoms with Gasteiger partial charge in [0, 0.05) is 4.47 Å². The van der Waals surface area contributed by atoms with Gasteiger partial charge in [-0.25, -0.2) is 9.37 Å². The summed E-state index contributed by atoms with van der Waals surface area (Å²) in [4.78, 5) is 6.82. The van der Waals surface area contributed by atoms with Crippen LogP contribution >= 0.6 is 15.9 Å². The van der Waals surface area contributed by atoms with Gasteiger partial charge in [0.2, 0.25) is 0 Å². The molecule has 1 heterocycles. The number of rotatable bonds is 2. The van der Waals surface area contributed by atoms with Crippen LogP contribution in [0.1, 0.15) is 5.69 Å². The fourth-order valence-electron chi connectivity index (χ4n) is 1.29. The third-order valence-corrected chi connectivity index (χ3v) is 2.66. The quantitative estimate of drug-likeness (QED) is 0.881. The highest BCUT2D eigenvalue weighted by molar-refractivity contribution is 9.10. The van der Waals surface area contributed by atoms with Crippen molar-refractivity contribution in [2.75, 3.05) is 0 Å². The fraction of sp³-hybridized carbons (Fsp3) is 0.100. The topological polar surface area (TPSA) is 48.9 Å². The number of nitrogens with zero attached hydrogens (tertiary/aromatic N) is 1. The van der Waals surface area contributed by atoms with E-state index in [1.165, 1.54) is 12.3 Å². The van der Waals surface area contributed by atoms with Crippen LogP contribution < -0.4 is 0 Å². The standard InChI is InChI=1S/C10H8BrFN2O/c11-7-2-1-3-8(12)9(7)10-13-4-6(5-15)14-10/h1-4,15H,5H2,(H,13,14). The summed E-state index contributed by atoms with van der Waals surface area (Å²) in [5, 5.41) is 8.86. The highest BCUT2D eigenvalue weighted by Crippen LogP contribution is 2.28. The van der Waals surface area contributed by atoms with Gasteiger partial charge in [0.25, 0.3) is 0 Å². The van der Waals surface area contributed by atoms with Crippen molar-refractivity contribution >= 4 is 15.9 Å². The maximum Gasteiger partial charge on any atom is 0.141 e. The average Bonchev–Trinajstić information content (AvgIpc) is 2.66. The molecule has 0 atom stereocenters. The minimum absolute atomic E-state index is 0.140. The summed E-state index contributed by atoms with van der Waals surface area (Å²) in [5.74, 6) is 0.0484. The molecule has 0 aliphatic rings. The lowest BCUT2D eigenvalue weighted by molar-refractivity contribution is 0.277. The number of hydrogen-bond acceptors (Lipinski definition) is 2. The molecule has 0 saturated carbocycles. The number of hydrogen-bond donors (Lipinski definition) is 2. The van der Waals surface area contributed by atoms with E-state index in [9.17, 15) is 4.39 Å². The monoisotopic (exact) mass is 270 g/mol. The minimum atomic E-state index is -0.358. The lowest BCUT2D eigenvalue weighted by Gasteiger charge is -2.01. The Kier molecular flexibility index (Phi) is 2.83. The molecule has 0 saturated heterocycles. The molecule has 0 radical (unpaired) electrons. The number of aliphatic hydroxyl groups is 1. The first-order valence-electron chi connectivity index (χ1n) is 4.31. The van der Waals surface area contributed by atoms with Gasteiger partial charge >= 0.3 is 0 Å². The normalized spacial score (nSPS) is 10.6. The molecule has 0 bridgehead atoms. The van der Waals surface area contributed by atoms with Gasteiger partial charge in [-0.1, -0.05) is 6.07 Å². The highest BCUT2D eigenvalue weighted by atomic mass is 79.9. The van der Waals surface area contributed by atoms with Crippen LogP contribution in [0.3, 0.4) is 0 Å². The van der Waals surface area contributed by atoms with Gasteiger partial charge in [-0.2, -0.15) is 0 Å². The van der Waals surface area contributed by atoms with E-state index in [0.29, 0.717) is 21.6 Å². The second kappa shape index (κ2) is 4.12. The molecule has 0 fully saturated rings. The van der Waals surface area contributed by atoms with Crippen molar-refractivity contribution in [2.45, 2.75) is 6.61 Å². The Morgan fingerprint density at radius 2 is 2.27 bits per heavy atom. The molecule has 15 heavy (non-hydrogen) atoms. The second-order valence-corrected chi connectivity index (χ2v) is 3.87. The Morgan fingerprint density at radius 3 is 2.87 bits per heavy atom. The van der Waals surface area contributed by atoms with E-state index in [1.807, 2.05) is 0 Å². The predicted molar refractivity (Wildman–Crippen MR) is 57.6 cm³/mol. The van der Waals surface area contributed by atoms with Gasteiger partial charge in [0.05, 0.1) is 24.1 Å². The van der Waals surface area contributed by atoms with E-state index < -0.39 is 0 Å². The van der Waals surface area contributed by atoms with Crippen molar-refractivity contribution in [2.24, 2.45) is 0 Å². The van der Waals surface area contributed by atoms with Gasteiger partial charge in [-0.15, -0.1) is 0 Å². The molecule has 0 unspecified atom stereocenters. The molecule has 2 N–H and O–H groups in total. The SMILES string of the molecule is OCc1cnc(-c2c(F)cccc2Br)[nH]1. The van der Waals surface area contributed by atoms with Crippen LogP contribution in [0.5, 0.6) is 0 Å². The molecule has 5 heteroatoms. The molecule has 3 nitrogen and oxygen atoms in total. The maximum atomic E-state index is 13.5. The predicted octanol–water partition coefficient (Wildman–Crippen LogP) is 2.47. The van der Waals surface area contributed by atoms with E-state index >= 15 is 0 Å². The van der Waals surface area contributed by atoms with Crippen molar-refractivity contribution in [1.82, 2.24) is 9.97 Å². The van der Waals surface area contributed by atoms with Gasteiger partial charge in [-0.3, -0.25) is 0 Å². The minimum Gasteiger partial charge on any atom is -0.390 e. The summed E-state index contributed by atoms with van der Waals surface area (Å²) in [6, 6.07) is 4.71. The molecule has 2 rings (SSSR count). The van der Waals surface area contributed by atoms with Crippen LogP contribution in [0.2, 0.25) is 0 Å². The number of benzene rings is 1. The van der Waals surface area contributed by atoms with Crippen molar-refractivity contribution in [3.63, 3.8) is 0 Å². The number of aromatic nitrogens is 2. The molecule has 0 aliphatic heterocycles. The van der Waals surface area contributed by atoms with Crippen molar-refractivity contribution < 1.29 is 9.50 Å². The molecule has 78 valence electrons. The zero-order chi connectivity index (χ0) is 10.8. The summed E-state index contributed by atoms with van der Waals surface area (Å²) < 4.78 is 14.1. The number of halogens is 2. The molecule has 0 amide bonds. The zero-order valence-corrected chi connectivity index (χ0v) is 9.25. The maximum absolute atomic E-state index is 13.5. The Morgan fingerprint density at radius 1 is 1.47 bits per heavy atom. The fourth-order valence-corrected chi connectivity index (χ4v) is 1.82. The molecular formula is C10H8BrFN2O. The molecule has 2 aromatic rings. The summed E-state index contributed by atoms with van der Waals surface area (Å²) in [5.41, 5.74) is 0.928. The average molecular weight is 271 g/mol. The van der Waals surface area contributed by atoms with Crippen LogP contribution in [0.15, 0.2) is 28.9 Å². The Hall–Kier alpha value is -1.20. The third kappa shape index (κ3) is 1.93. The van der Waals surface area contributed by atoms with Crippen LogP contribution in [0.4, 0.5) is 4.39 Å². The van der Waals surface area contributed by atoms with Crippen LogP contribution in [0, 0.1) is 5.82 Å². The Bertz CT molecular complexity index is 464. The largest absolute Gasteiger partial charge is 0.390 e.